The molecule has 0 bridgehead atoms. The van der Waals surface area contributed by atoms with Gasteiger partial charge in [-0.15, -0.1) is 0 Å². The number of carboxylic acids is 1. The smallest absolute Gasteiger partial charge is 0.338 e. The number of rotatable bonds is 2. The van der Waals surface area contributed by atoms with Crippen LogP contribution in [0, 0.1) is 6.92 Å². The highest BCUT2D eigenvalue weighted by atomic mass is 16.4. The SMILES string of the molecule is Cc1c(C(=O)O)c2cccnc2n1C1CCc2ccccc21. The maximum Gasteiger partial charge on any atom is 0.338 e. The molecule has 0 aliphatic heterocycles. The minimum absolute atomic E-state index is 0.168. The summed E-state index contributed by atoms with van der Waals surface area (Å²) in [7, 11) is 0. The number of hydrogen-bond acceptors (Lipinski definition) is 2. The van der Waals surface area contributed by atoms with E-state index in [4.69, 9.17) is 0 Å². The first-order chi connectivity index (χ1) is 10.7. The van der Waals surface area contributed by atoms with E-state index in [1.165, 1.54) is 11.1 Å². The lowest BCUT2D eigenvalue weighted by molar-refractivity contribution is 0.0698. The summed E-state index contributed by atoms with van der Waals surface area (Å²) in [5, 5.41) is 10.3. The molecule has 1 aliphatic carbocycles. The van der Waals surface area contributed by atoms with Crippen LogP contribution in [0.1, 0.15) is 39.6 Å². The van der Waals surface area contributed by atoms with Crippen molar-refractivity contribution in [3.8, 4) is 0 Å². The van der Waals surface area contributed by atoms with Crippen LogP contribution in [-0.4, -0.2) is 20.6 Å². The topological polar surface area (TPSA) is 55.1 Å². The van der Waals surface area contributed by atoms with E-state index in [0.29, 0.717) is 5.56 Å². The molecule has 0 saturated carbocycles. The van der Waals surface area contributed by atoms with Gasteiger partial charge in [-0.05, 0) is 43.0 Å². The molecule has 4 rings (SSSR count). The summed E-state index contributed by atoms with van der Waals surface area (Å²) in [4.78, 5) is 16.1. The van der Waals surface area contributed by atoms with Gasteiger partial charge in [-0.3, -0.25) is 0 Å². The van der Waals surface area contributed by atoms with Gasteiger partial charge in [0, 0.05) is 17.3 Å². The van der Waals surface area contributed by atoms with Gasteiger partial charge in [-0.1, -0.05) is 24.3 Å². The third-order valence-electron chi connectivity index (χ3n) is 4.63. The lowest BCUT2D eigenvalue weighted by atomic mass is 10.1. The summed E-state index contributed by atoms with van der Waals surface area (Å²) in [5.41, 5.74) is 4.54. The highest BCUT2D eigenvalue weighted by Crippen LogP contribution is 2.38. The van der Waals surface area contributed by atoms with Crippen LogP contribution >= 0.6 is 0 Å². The fraction of sp³-hybridized carbons (Fsp3) is 0.222. The van der Waals surface area contributed by atoms with Crippen molar-refractivity contribution in [2.24, 2.45) is 0 Å². The fourth-order valence-electron chi connectivity index (χ4n) is 3.71. The van der Waals surface area contributed by atoms with E-state index in [1.54, 1.807) is 12.3 Å². The first-order valence-electron chi connectivity index (χ1n) is 7.45. The van der Waals surface area contributed by atoms with E-state index in [2.05, 4.69) is 27.8 Å². The number of carboxylic acid groups (broad SMARTS) is 1. The van der Waals surface area contributed by atoms with Crippen molar-refractivity contribution in [1.29, 1.82) is 0 Å². The van der Waals surface area contributed by atoms with Crippen molar-refractivity contribution in [2.75, 3.05) is 0 Å². The first-order valence-corrected chi connectivity index (χ1v) is 7.45. The number of nitrogens with zero attached hydrogens (tertiary/aromatic N) is 2. The molecule has 110 valence electrons. The number of carbonyl (C=O) groups is 1. The number of aromatic nitrogens is 2. The predicted molar refractivity (Wildman–Crippen MR) is 84.3 cm³/mol. The first kappa shape index (κ1) is 13.1. The standard InChI is InChI=1S/C18H16N2O2/c1-11-16(18(21)22)14-7-4-10-19-17(14)20(11)15-9-8-12-5-2-3-6-13(12)15/h2-7,10,15H,8-9H2,1H3,(H,21,22). The van der Waals surface area contributed by atoms with Crippen molar-refractivity contribution in [3.63, 3.8) is 0 Å². The lowest BCUT2D eigenvalue weighted by Crippen LogP contribution is -2.10. The molecule has 22 heavy (non-hydrogen) atoms. The zero-order chi connectivity index (χ0) is 15.3. The van der Waals surface area contributed by atoms with Gasteiger partial charge in [0.25, 0.3) is 0 Å². The van der Waals surface area contributed by atoms with Crippen LogP contribution in [0.15, 0.2) is 42.6 Å². The van der Waals surface area contributed by atoms with E-state index < -0.39 is 5.97 Å². The van der Waals surface area contributed by atoms with Gasteiger partial charge in [0.2, 0.25) is 0 Å². The molecule has 0 radical (unpaired) electrons. The normalized spacial score (nSPS) is 16.9. The molecule has 1 aliphatic rings. The molecule has 0 fully saturated rings. The summed E-state index contributed by atoms with van der Waals surface area (Å²) in [5.74, 6) is -0.888. The number of aromatic carboxylic acids is 1. The Kier molecular flexibility index (Phi) is 2.79. The Balaban J connectivity index is 2.01. The molecule has 0 spiro atoms. The van der Waals surface area contributed by atoms with Crippen LogP contribution < -0.4 is 0 Å². The van der Waals surface area contributed by atoms with E-state index in [-0.39, 0.29) is 6.04 Å². The molecule has 1 aromatic carbocycles. The van der Waals surface area contributed by atoms with Crippen molar-refractivity contribution in [3.05, 3.63) is 65.0 Å². The minimum Gasteiger partial charge on any atom is -0.478 e. The fourth-order valence-corrected chi connectivity index (χ4v) is 3.71. The summed E-state index contributed by atoms with van der Waals surface area (Å²) in [6.45, 7) is 1.88. The third-order valence-corrected chi connectivity index (χ3v) is 4.63. The van der Waals surface area contributed by atoms with Crippen LogP contribution in [0.2, 0.25) is 0 Å². The third kappa shape index (κ3) is 1.70. The van der Waals surface area contributed by atoms with Crippen molar-refractivity contribution in [1.82, 2.24) is 9.55 Å². The van der Waals surface area contributed by atoms with Crippen molar-refractivity contribution in [2.45, 2.75) is 25.8 Å². The van der Waals surface area contributed by atoms with Crippen molar-refractivity contribution < 1.29 is 9.90 Å². The Bertz CT molecular complexity index is 895. The summed E-state index contributed by atoms with van der Waals surface area (Å²) in [6.07, 6.45) is 3.74. The van der Waals surface area contributed by atoms with Gasteiger partial charge in [0.1, 0.15) is 5.65 Å². The molecule has 2 aromatic heterocycles. The van der Waals surface area contributed by atoms with Gasteiger partial charge in [-0.2, -0.15) is 0 Å². The van der Waals surface area contributed by atoms with E-state index in [9.17, 15) is 9.90 Å². The maximum absolute atomic E-state index is 11.7. The zero-order valence-electron chi connectivity index (χ0n) is 12.3. The molecule has 1 unspecified atom stereocenters. The van der Waals surface area contributed by atoms with Crippen LogP contribution in [0.25, 0.3) is 11.0 Å². The molecule has 2 heterocycles. The molecule has 1 N–H and O–H groups in total. The second-order valence-corrected chi connectivity index (χ2v) is 5.76. The zero-order valence-corrected chi connectivity index (χ0v) is 12.3. The monoisotopic (exact) mass is 292 g/mol. The molecule has 4 nitrogen and oxygen atoms in total. The Morgan fingerprint density at radius 3 is 2.91 bits per heavy atom. The molecular weight excluding hydrogens is 276 g/mol. The molecule has 4 heteroatoms. The number of benzene rings is 1. The second kappa shape index (κ2) is 4.70. The second-order valence-electron chi connectivity index (χ2n) is 5.76. The molecule has 0 amide bonds. The van der Waals surface area contributed by atoms with Crippen LogP contribution in [0.3, 0.4) is 0 Å². The van der Waals surface area contributed by atoms with Gasteiger partial charge in [-0.25, -0.2) is 9.78 Å². The van der Waals surface area contributed by atoms with Gasteiger partial charge < -0.3 is 9.67 Å². The Morgan fingerprint density at radius 2 is 2.09 bits per heavy atom. The van der Waals surface area contributed by atoms with E-state index in [1.807, 2.05) is 19.1 Å². The minimum atomic E-state index is -0.888. The number of pyridine rings is 1. The Labute approximate surface area is 128 Å². The average molecular weight is 292 g/mol. The largest absolute Gasteiger partial charge is 0.478 e. The molecule has 1 atom stereocenters. The Morgan fingerprint density at radius 1 is 1.27 bits per heavy atom. The highest BCUT2D eigenvalue weighted by Gasteiger charge is 2.29. The summed E-state index contributed by atoms with van der Waals surface area (Å²) >= 11 is 0. The van der Waals surface area contributed by atoms with Crippen LogP contribution in [-0.2, 0) is 6.42 Å². The number of hydrogen-bond donors (Lipinski definition) is 1. The van der Waals surface area contributed by atoms with Crippen LogP contribution in [0.4, 0.5) is 0 Å². The Hall–Kier alpha value is -2.62. The van der Waals surface area contributed by atoms with Crippen molar-refractivity contribution >= 4 is 17.0 Å². The molecule has 0 saturated heterocycles. The summed E-state index contributed by atoms with van der Waals surface area (Å²) < 4.78 is 2.10. The van der Waals surface area contributed by atoms with Gasteiger partial charge in [0.05, 0.1) is 11.6 Å². The lowest BCUT2D eigenvalue weighted by Gasteiger charge is -2.17. The van der Waals surface area contributed by atoms with E-state index >= 15 is 0 Å². The highest BCUT2D eigenvalue weighted by molar-refractivity contribution is 6.04. The average Bonchev–Trinajstić information content (AvgIpc) is 3.05. The quantitative estimate of drug-likeness (QED) is 0.785. The molecule has 3 aromatic rings. The maximum atomic E-state index is 11.7. The van der Waals surface area contributed by atoms with Gasteiger partial charge >= 0.3 is 5.97 Å². The number of aryl methyl sites for hydroxylation is 1. The van der Waals surface area contributed by atoms with Crippen LogP contribution in [0.5, 0.6) is 0 Å². The number of fused-ring (bicyclic) bond motifs is 2. The molecular formula is C18H16N2O2. The predicted octanol–water partition coefficient (Wildman–Crippen LogP) is 3.58. The van der Waals surface area contributed by atoms with E-state index in [0.717, 1.165) is 29.6 Å². The van der Waals surface area contributed by atoms with Gasteiger partial charge in [0.15, 0.2) is 0 Å². The summed E-state index contributed by atoms with van der Waals surface area (Å²) in [6, 6.07) is 12.2.